The van der Waals surface area contributed by atoms with Crippen LogP contribution in [0.2, 0.25) is 0 Å². The van der Waals surface area contributed by atoms with Gasteiger partial charge in [0.1, 0.15) is 11.5 Å². The second kappa shape index (κ2) is 5.25. The fourth-order valence-electron chi connectivity index (χ4n) is 1.75. The average molecular weight is 320 g/mol. The van der Waals surface area contributed by atoms with Gasteiger partial charge in [-0.1, -0.05) is 32.9 Å². The summed E-state index contributed by atoms with van der Waals surface area (Å²) in [4.78, 5) is 0. The number of nitrogen functional groups attached to an aromatic ring is 1. The number of anilines is 1. The Bertz CT molecular complexity index is 570. The van der Waals surface area contributed by atoms with E-state index in [0.29, 0.717) is 5.69 Å². The number of hydrogen-bond donors (Lipinski definition) is 1. The lowest BCUT2D eigenvalue weighted by Gasteiger charge is -2.19. The highest BCUT2D eigenvalue weighted by Crippen LogP contribution is 2.32. The van der Waals surface area contributed by atoms with Crippen LogP contribution in [0, 0.1) is 0 Å². The minimum absolute atomic E-state index is 0.153. The zero-order valence-electron chi connectivity index (χ0n) is 11.4. The third-order valence-corrected chi connectivity index (χ3v) is 3.52. The molecular weight excluding hydrogens is 302 g/mol. The van der Waals surface area contributed by atoms with E-state index in [2.05, 4.69) is 48.8 Å². The van der Waals surface area contributed by atoms with E-state index in [0.717, 1.165) is 16.0 Å². The Morgan fingerprint density at radius 2 is 1.63 bits per heavy atom. The Balaban J connectivity index is 2.20. The van der Waals surface area contributed by atoms with E-state index >= 15 is 0 Å². The minimum Gasteiger partial charge on any atom is -0.456 e. The molecule has 2 N–H and O–H groups in total. The third-order valence-electron chi connectivity index (χ3n) is 2.90. The van der Waals surface area contributed by atoms with Crippen LogP contribution in [0.3, 0.4) is 0 Å². The fourth-order valence-corrected chi connectivity index (χ4v) is 2.23. The number of benzene rings is 2. The van der Waals surface area contributed by atoms with Crippen molar-refractivity contribution in [2.24, 2.45) is 0 Å². The molecule has 19 heavy (non-hydrogen) atoms. The second-order valence-electron chi connectivity index (χ2n) is 5.57. The van der Waals surface area contributed by atoms with Crippen LogP contribution in [0.1, 0.15) is 26.3 Å². The first-order chi connectivity index (χ1) is 8.86. The first-order valence-electron chi connectivity index (χ1n) is 6.20. The fraction of sp³-hybridized carbons (Fsp3) is 0.250. The van der Waals surface area contributed by atoms with Crippen LogP contribution in [-0.2, 0) is 5.41 Å². The van der Waals surface area contributed by atoms with E-state index < -0.39 is 0 Å². The average Bonchev–Trinajstić information content (AvgIpc) is 2.32. The molecule has 0 unspecified atom stereocenters. The lowest BCUT2D eigenvalue weighted by molar-refractivity contribution is 0.478. The van der Waals surface area contributed by atoms with Crippen LogP contribution in [0.4, 0.5) is 5.69 Å². The predicted octanol–water partition coefficient (Wildman–Crippen LogP) is 5.12. The van der Waals surface area contributed by atoms with Crippen molar-refractivity contribution in [1.82, 2.24) is 0 Å². The van der Waals surface area contributed by atoms with Crippen LogP contribution in [0.5, 0.6) is 11.5 Å². The minimum atomic E-state index is 0.153. The molecule has 0 heterocycles. The van der Waals surface area contributed by atoms with Gasteiger partial charge in [0.25, 0.3) is 0 Å². The summed E-state index contributed by atoms with van der Waals surface area (Å²) in [5, 5.41) is 0. The van der Waals surface area contributed by atoms with Crippen molar-refractivity contribution in [2.75, 3.05) is 5.73 Å². The summed E-state index contributed by atoms with van der Waals surface area (Å²) in [5.41, 5.74) is 7.85. The molecule has 0 saturated carbocycles. The molecule has 0 aliphatic heterocycles. The molecule has 2 aromatic carbocycles. The van der Waals surface area contributed by atoms with Crippen molar-refractivity contribution < 1.29 is 4.74 Å². The highest BCUT2D eigenvalue weighted by Gasteiger charge is 2.13. The number of rotatable bonds is 2. The molecule has 0 radical (unpaired) electrons. The van der Waals surface area contributed by atoms with E-state index in [1.807, 2.05) is 30.3 Å². The highest BCUT2D eigenvalue weighted by molar-refractivity contribution is 9.10. The van der Waals surface area contributed by atoms with E-state index in [4.69, 9.17) is 10.5 Å². The van der Waals surface area contributed by atoms with Crippen molar-refractivity contribution in [2.45, 2.75) is 26.2 Å². The van der Waals surface area contributed by atoms with Gasteiger partial charge in [-0.05, 0) is 57.2 Å². The van der Waals surface area contributed by atoms with E-state index in [1.54, 1.807) is 0 Å². The smallest absolute Gasteiger partial charge is 0.141 e. The molecule has 0 bridgehead atoms. The number of nitrogens with two attached hydrogens (primary N) is 1. The zero-order chi connectivity index (χ0) is 14.0. The standard InChI is InChI=1S/C16H18BrNO/c1-16(2,3)11-4-7-13(8-5-11)19-15-9-6-12(18)10-14(15)17/h4-10H,18H2,1-3H3. The molecule has 0 amide bonds. The molecule has 0 fully saturated rings. The van der Waals surface area contributed by atoms with Gasteiger partial charge in [-0.3, -0.25) is 0 Å². The Hall–Kier alpha value is -1.48. The SMILES string of the molecule is CC(C)(C)c1ccc(Oc2ccc(N)cc2Br)cc1. The van der Waals surface area contributed by atoms with Crippen LogP contribution in [0.25, 0.3) is 0 Å². The molecule has 0 atom stereocenters. The Labute approximate surface area is 122 Å². The first kappa shape index (κ1) is 13.9. The molecule has 0 spiro atoms. The summed E-state index contributed by atoms with van der Waals surface area (Å²) in [6.45, 7) is 6.58. The molecule has 100 valence electrons. The van der Waals surface area contributed by atoms with Gasteiger partial charge in [-0.25, -0.2) is 0 Å². The van der Waals surface area contributed by atoms with Gasteiger partial charge in [-0.15, -0.1) is 0 Å². The molecular formula is C16H18BrNO. The summed E-state index contributed by atoms with van der Waals surface area (Å²) in [6.07, 6.45) is 0. The summed E-state index contributed by atoms with van der Waals surface area (Å²) in [7, 11) is 0. The largest absolute Gasteiger partial charge is 0.456 e. The number of halogens is 1. The molecule has 2 nitrogen and oxygen atoms in total. The lowest BCUT2D eigenvalue weighted by Crippen LogP contribution is -2.10. The molecule has 0 saturated heterocycles. The van der Waals surface area contributed by atoms with Gasteiger partial charge in [-0.2, -0.15) is 0 Å². The predicted molar refractivity (Wildman–Crippen MR) is 83.8 cm³/mol. The molecule has 2 aromatic rings. The normalized spacial score (nSPS) is 11.4. The number of hydrogen-bond acceptors (Lipinski definition) is 2. The van der Waals surface area contributed by atoms with Crippen LogP contribution in [-0.4, -0.2) is 0 Å². The van der Waals surface area contributed by atoms with Gasteiger partial charge < -0.3 is 10.5 Å². The van der Waals surface area contributed by atoms with E-state index in [-0.39, 0.29) is 5.41 Å². The molecule has 2 rings (SSSR count). The Kier molecular flexibility index (Phi) is 3.85. The second-order valence-corrected chi connectivity index (χ2v) is 6.42. The van der Waals surface area contributed by atoms with E-state index in [1.165, 1.54) is 5.56 Å². The third kappa shape index (κ3) is 3.51. The highest BCUT2D eigenvalue weighted by atomic mass is 79.9. The van der Waals surface area contributed by atoms with Crippen LogP contribution < -0.4 is 10.5 Å². The summed E-state index contributed by atoms with van der Waals surface area (Å²) >= 11 is 3.45. The van der Waals surface area contributed by atoms with Crippen LogP contribution >= 0.6 is 15.9 Å². The Morgan fingerprint density at radius 3 is 2.16 bits per heavy atom. The summed E-state index contributed by atoms with van der Waals surface area (Å²) in [5.74, 6) is 1.58. The van der Waals surface area contributed by atoms with Crippen molar-refractivity contribution in [3.8, 4) is 11.5 Å². The van der Waals surface area contributed by atoms with Crippen molar-refractivity contribution >= 4 is 21.6 Å². The van der Waals surface area contributed by atoms with Gasteiger partial charge >= 0.3 is 0 Å². The monoisotopic (exact) mass is 319 g/mol. The van der Waals surface area contributed by atoms with Crippen molar-refractivity contribution in [1.29, 1.82) is 0 Å². The van der Waals surface area contributed by atoms with Gasteiger partial charge in [0, 0.05) is 5.69 Å². The van der Waals surface area contributed by atoms with Gasteiger partial charge in [0.2, 0.25) is 0 Å². The van der Waals surface area contributed by atoms with Crippen molar-refractivity contribution in [3.05, 3.63) is 52.5 Å². The topological polar surface area (TPSA) is 35.2 Å². The number of ether oxygens (including phenoxy) is 1. The van der Waals surface area contributed by atoms with Gasteiger partial charge in [0.15, 0.2) is 0 Å². The van der Waals surface area contributed by atoms with Crippen molar-refractivity contribution in [3.63, 3.8) is 0 Å². The van der Waals surface area contributed by atoms with Gasteiger partial charge in [0.05, 0.1) is 4.47 Å². The summed E-state index contributed by atoms with van der Waals surface area (Å²) < 4.78 is 6.68. The first-order valence-corrected chi connectivity index (χ1v) is 6.99. The van der Waals surface area contributed by atoms with Crippen LogP contribution in [0.15, 0.2) is 46.9 Å². The lowest BCUT2D eigenvalue weighted by atomic mass is 9.87. The quantitative estimate of drug-likeness (QED) is 0.779. The molecule has 0 aliphatic carbocycles. The summed E-state index contributed by atoms with van der Waals surface area (Å²) in [6, 6.07) is 13.7. The van der Waals surface area contributed by atoms with E-state index in [9.17, 15) is 0 Å². The maximum Gasteiger partial charge on any atom is 0.141 e. The zero-order valence-corrected chi connectivity index (χ0v) is 13.0. The molecule has 0 aromatic heterocycles. The Morgan fingerprint density at radius 1 is 1.00 bits per heavy atom. The molecule has 0 aliphatic rings. The maximum absolute atomic E-state index is 5.83. The maximum atomic E-state index is 5.83. The molecule has 3 heteroatoms.